The Hall–Kier alpha value is -9.00. The third kappa shape index (κ3) is 6.85. The van der Waals surface area contributed by atoms with Gasteiger partial charge in [-0.25, -0.2) is 9.97 Å². The molecule has 312 valence electrons. The molecule has 4 N–H and O–H groups in total. The van der Waals surface area contributed by atoms with Crippen LogP contribution < -0.4 is 11.5 Å². The highest BCUT2D eigenvalue weighted by Crippen LogP contribution is 2.47. The standard InChI is InChI=1S/C30H18N2.C18H16N2.C12H6O2/c1-3-9-19(10-4-1)22-17-18-23(20-11-5-2-6-12-20)28-27(22)31-29-24-15-7-13-21-14-8-16-25(26(21)24)30(29)32-28;19-17-15(13-7-3-1-4-8-13)11-12-16(18(17)20)14-9-5-2-6-10-14;13-11-8-5-1-3-7-4-2-6-9(10(7)8)12(11)14/h1-18H;1-12H,19-20H2;1-6H. The van der Waals surface area contributed by atoms with Crippen molar-refractivity contribution in [2.45, 2.75) is 0 Å². The van der Waals surface area contributed by atoms with Crippen molar-refractivity contribution in [3.63, 3.8) is 0 Å². The number of hydrogen-bond donors (Lipinski definition) is 2. The molecule has 10 aromatic carbocycles. The Labute approximate surface area is 381 Å². The molecule has 0 saturated heterocycles. The van der Waals surface area contributed by atoms with Gasteiger partial charge in [-0.05, 0) is 33.0 Å². The van der Waals surface area contributed by atoms with Crippen molar-refractivity contribution in [2.75, 3.05) is 11.5 Å². The quantitative estimate of drug-likeness (QED) is 0.135. The van der Waals surface area contributed by atoms with Crippen LogP contribution >= 0.6 is 0 Å². The van der Waals surface area contributed by atoms with Gasteiger partial charge in [-0.3, -0.25) is 9.59 Å². The third-order valence-electron chi connectivity index (χ3n) is 12.5. The van der Waals surface area contributed by atoms with Gasteiger partial charge in [0.15, 0.2) is 0 Å². The number of benzene rings is 10. The van der Waals surface area contributed by atoms with Crippen molar-refractivity contribution in [1.82, 2.24) is 9.97 Å². The molecule has 0 unspecified atom stereocenters. The van der Waals surface area contributed by atoms with E-state index in [-0.39, 0.29) is 11.6 Å². The summed E-state index contributed by atoms with van der Waals surface area (Å²) in [5.74, 6) is -0.756. The highest BCUT2D eigenvalue weighted by molar-refractivity contribution is 6.57. The molecule has 13 rings (SSSR count). The fraction of sp³-hybridized carbons (Fsp3) is 0. The average molecular weight is 849 g/mol. The molecule has 0 radical (unpaired) electrons. The molecule has 11 aromatic rings. The van der Waals surface area contributed by atoms with Crippen LogP contribution in [0.25, 0.3) is 99.6 Å². The van der Waals surface area contributed by atoms with Gasteiger partial charge in [0.2, 0.25) is 11.6 Å². The van der Waals surface area contributed by atoms with Gasteiger partial charge in [0.25, 0.3) is 0 Å². The third-order valence-corrected chi connectivity index (χ3v) is 12.5. The topological polar surface area (TPSA) is 112 Å². The van der Waals surface area contributed by atoms with E-state index in [2.05, 4.69) is 97.1 Å². The summed E-state index contributed by atoms with van der Waals surface area (Å²) >= 11 is 0. The molecule has 6 heteroatoms. The van der Waals surface area contributed by atoms with Crippen LogP contribution in [0, 0.1) is 0 Å². The van der Waals surface area contributed by atoms with Crippen molar-refractivity contribution in [3.05, 3.63) is 230 Å². The molecule has 2 aliphatic rings. The number of nitrogens with zero attached hydrogens (tertiary/aromatic N) is 2. The number of ketones is 2. The number of anilines is 2. The molecule has 1 aromatic heterocycles. The van der Waals surface area contributed by atoms with Gasteiger partial charge in [0.1, 0.15) is 0 Å². The molecule has 2 aliphatic carbocycles. The second-order valence-electron chi connectivity index (χ2n) is 16.3. The Balaban J connectivity index is 0.000000121. The number of carbonyl (C=O) groups is 2. The summed E-state index contributed by atoms with van der Waals surface area (Å²) < 4.78 is 0. The molecule has 0 spiro atoms. The van der Waals surface area contributed by atoms with Crippen molar-refractivity contribution in [1.29, 1.82) is 0 Å². The van der Waals surface area contributed by atoms with E-state index in [0.717, 1.165) is 77.7 Å². The van der Waals surface area contributed by atoms with Crippen LogP contribution in [0.5, 0.6) is 0 Å². The summed E-state index contributed by atoms with van der Waals surface area (Å²) in [6.45, 7) is 0. The SMILES string of the molecule is Nc1c(-c2ccccc2)ccc(-c2ccccc2)c1N.O=C1C(=O)c2cccc3cccc1c23.c1ccc(-c2ccc(-c3ccccc3)c3nc4c(nc23)-c2cccc3cccc-4c23)cc1. The van der Waals surface area contributed by atoms with Crippen LogP contribution in [0.1, 0.15) is 20.7 Å². The number of Topliss-reactive ketones (excluding diaryl/α,β-unsaturated/α-hetero) is 2. The lowest BCUT2D eigenvalue weighted by molar-refractivity contribution is 0.0825. The lowest BCUT2D eigenvalue weighted by Gasteiger charge is -2.13. The minimum atomic E-state index is -0.378. The molecule has 0 atom stereocenters. The molecular weight excluding hydrogens is 809 g/mol. The molecule has 0 bridgehead atoms. The van der Waals surface area contributed by atoms with Gasteiger partial charge in [-0.1, -0.05) is 218 Å². The summed E-state index contributed by atoms with van der Waals surface area (Å²) in [6, 6.07) is 73.2. The summed E-state index contributed by atoms with van der Waals surface area (Å²) in [5, 5.41) is 4.25. The number of carbonyl (C=O) groups excluding carboxylic acids is 2. The lowest BCUT2D eigenvalue weighted by atomic mass is 9.96. The first-order valence-corrected chi connectivity index (χ1v) is 21.8. The van der Waals surface area contributed by atoms with Gasteiger partial charge in [0.05, 0.1) is 33.8 Å². The van der Waals surface area contributed by atoms with Gasteiger partial charge < -0.3 is 11.5 Å². The number of nitrogens with two attached hydrogens (primary N) is 2. The maximum absolute atomic E-state index is 11.5. The van der Waals surface area contributed by atoms with Gasteiger partial charge in [-0.15, -0.1) is 0 Å². The van der Waals surface area contributed by atoms with E-state index in [0.29, 0.717) is 22.5 Å². The normalized spacial score (nSPS) is 11.8. The number of fused-ring (bicyclic) bond motifs is 4. The van der Waals surface area contributed by atoms with Crippen LogP contribution in [0.2, 0.25) is 0 Å². The summed E-state index contributed by atoms with van der Waals surface area (Å²) in [4.78, 5) is 33.6. The lowest BCUT2D eigenvalue weighted by Crippen LogP contribution is -2.05. The van der Waals surface area contributed by atoms with Crippen molar-refractivity contribution < 1.29 is 9.59 Å². The van der Waals surface area contributed by atoms with Crippen LogP contribution in [-0.4, -0.2) is 21.5 Å². The molecule has 0 fully saturated rings. The maximum atomic E-state index is 11.5. The second kappa shape index (κ2) is 16.6. The van der Waals surface area contributed by atoms with E-state index in [9.17, 15) is 9.59 Å². The van der Waals surface area contributed by atoms with E-state index in [1.54, 1.807) is 24.3 Å². The Bertz CT molecular complexity index is 3450. The van der Waals surface area contributed by atoms with Gasteiger partial charge in [-0.2, -0.15) is 0 Å². The minimum absolute atomic E-state index is 0.378. The minimum Gasteiger partial charge on any atom is -0.397 e. The van der Waals surface area contributed by atoms with E-state index >= 15 is 0 Å². The van der Waals surface area contributed by atoms with E-state index < -0.39 is 0 Å². The molecule has 0 amide bonds. The Morgan fingerprint density at radius 3 is 0.909 bits per heavy atom. The van der Waals surface area contributed by atoms with Crippen LogP contribution in [0.15, 0.2) is 218 Å². The van der Waals surface area contributed by atoms with E-state index in [4.69, 9.17) is 21.4 Å². The highest BCUT2D eigenvalue weighted by Gasteiger charge is 2.30. The molecule has 66 heavy (non-hydrogen) atoms. The van der Waals surface area contributed by atoms with E-state index in [1.165, 1.54) is 21.9 Å². The van der Waals surface area contributed by atoms with Crippen molar-refractivity contribution in [3.8, 4) is 67.0 Å². The predicted molar refractivity (Wildman–Crippen MR) is 271 cm³/mol. The molecule has 6 nitrogen and oxygen atoms in total. The first kappa shape index (κ1) is 39.8. The summed E-state index contributed by atoms with van der Waals surface area (Å²) in [7, 11) is 0. The van der Waals surface area contributed by atoms with Crippen molar-refractivity contribution in [2.24, 2.45) is 0 Å². The monoisotopic (exact) mass is 848 g/mol. The Kier molecular flexibility index (Phi) is 10.0. The first-order chi connectivity index (χ1) is 32.4. The number of rotatable bonds is 4. The van der Waals surface area contributed by atoms with Crippen LogP contribution in [0.3, 0.4) is 0 Å². The van der Waals surface area contributed by atoms with Crippen LogP contribution in [0.4, 0.5) is 11.4 Å². The number of hydrogen-bond acceptors (Lipinski definition) is 6. The predicted octanol–water partition coefficient (Wildman–Crippen LogP) is 14.2. The zero-order valence-electron chi connectivity index (χ0n) is 35.7. The van der Waals surface area contributed by atoms with E-state index in [1.807, 2.05) is 97.1 Å². The number of nitrogen functional groups attached to an aromatic ring is 2. The van der Waals surface area contributed by atoms with Gasteiger partial charge >= 0.3 is 0 Å². The Morgan fingerprint density at radius 1 is 0.273 bits per heavy atom. The largest absolute Gasteiger partial charge is 0.397 e. The summed E-state index contributed by atoms with van der Waals surface area (Å²) in [5.41, 5.74) is 29.6. The smallest absolute Gasteiger partial charge is 0.234 e. The Morgan fingerprint density at radius 2 is 0.561 bits per heavy atom. The fourth-order valence-corrected chi connectivity index (χ4v) is 9.29. The molecule has 1 heterocycles. The molecular formula is C60H40N4O2. The fourth-order valence-electron chi connectivity index (χ4n) is 9.29. The average Bonchev–Trinajstić information content (AvgIpc) is 3.83. The molecule has 0 aliphatic heterocycles. The molecule has 0 saturated carbocycles. The van der Waals surface area contributed by atoms with Crippen molar-refractivity contribution >= 4 is 55.5 Å². The number of aromatic nitrogens is 2. The first-order valence-electron chi connectivity index (χ1n) is 21.8. The second-order valence-corrected chi connectivity index (χ2v) is 16.3. The zero-order chi connectivity index (χ0) is 44.7. The maximum Gasteiger partial charge on any atom is 0.234 e. The zero-order valence-corrected chi connectivity index (χ0v) is 35.7. The van der Waals surface area contributed by atoms with Crippen LogP contribution in [-0.2, 0) is 0 Å². The summed E-state index contributed by atoms with van der Waals surface area (Å²) in [6.07, 6.45) is 0. The van der Waals surface area contributed by atoms with Gasteiger partial charge in [0, 0.05) is 55.3 Å². The highest BCUT2D eigenvalue weighted by atomic mass is 16.2.